The summed E-state index contributed by atoms with van der Waals surface area (Å²) in [5.41, 5.74) is 4.55. The molecule has 2 aromatic carbocycles. The van der Waals surface area contributed by atoms with Crippen LogP contribution in [0.25, 0.3) is 21.9 Å². The van der Waals surface area contributed by atoms with E-state index in [9.17, 15) is 4.79 Å². The fraction of sp³-hybridized carbons (Fsp3) is 0.233. The molecule has 0 unspecified atom stereocenters. The second kappa shape index (κ2) is 10.3. The lowest BCUT2D eigenvalue weighted by molar-refractivity contribution is -0.126. The van der Waals surface area contributed by atoms with Gasteiger partial charge in [-0.05, 0) is 61.9 Å². The predicted molar refractivity (Wildman–Crippen MR) is 156 cm³/mol. The van der Waals surface area contributed by atoms with Crippen LogP contribution in [0.4, 0.5) is 17.3 Å². The Morgan fingerprint density at radius 2 is 1.95 bits per heavy atom. The molecule has 1 atom stereocenters. The third-order valence-electron chi connectivity index (χ3n) is 7.28. The molecule has 0 saturated carbocycles. The first-order chi connectivity index (χ1) is 19.4. The summed E-state index contributed by atoms with van der Waals surface area (Å²) in [5.74, 6) is 2.98. The summed E-state index contributed by atoms with van der Waals surface area (Å²) in [6.07, 6.45) is 6.47. The van der Waals surface area contributed by atoms with E-state index in [1.54, 1.807) is 12.5 Å². The number of aryl methyl sites for hydroxylation is 2. The zero-order valence-corrected chi connectivity index (χ0v) is 22.7. The van der Waals surface area contributed by atoms with E-state index in [4.69, 9.17) is 4.74 Å². The van der Waals surface area contributed by atoms with Crippen LogP contribution < -0.4 is 15.0 Å². The predicted octanol–water partition coefficient (Wildman–Crippen LogP) is 4.98. The highest BCUT2D eigenvalue weighted by atomic mass is 16.5. The normalized spacial score (nSPS) is 15.4. The lowest BCUT2D eigenvalue weighted by Gasteiger charge is -2.40. The number of fused-ring (bicyclic) bond motifs is 2. The minimum atomic E-state index is -0.0427. The molecule has 0 radical (unpaired) electrons. The first-order valence-corrected chi connectivity index (χ1v) is 13.1. The molecule has 10 heteroatoms. The summed E-state index contributed by atoms with van der Waals surface area (Å²) in [5, 5.41) is 4.31. The summed E-state index contributed by atoms with van der Waals surface area (Å²) in [6.45, 7) is 9.63. The molecule has 1 amide bonds. The number of ether oxygens (including phenoxy) is 1. The summed E-state index contributed by atoms with van der Waals surface area (Å²) in [4.78, 5) is 34.1. The molecule has 0 aliphatic carbocycles. The van der Waals surface area contributed by atoms with Crippen molar-refractivity contribution in [3.05, 3.63) is 79.5 Å². The van der Waals surface area contributed by atoms with Gasteiger partial charge in [0.25, 0.3) is 0 Å². The Morgan fingerprint density at radius 1 is 1.07 bits per heavy atom. The number of piperazine rings is 1. The van der Waals surface area contributed by atoms with E-state index in [-0.39, 0.29) is 11.9 Å². The lowest BCUT2D eigenvalue weighted by atomic mass is 10.1. The van der Waals surface area contributed by atoms with Gasteiger partial charge >= 0.3 is 0 Å². The molecular formula is C30H30N8O2. The summed E-state index contributed by atoms with van der Waals surface area (Å²) < 4.78 is 8.16. The molecule has 202 valence electrons. The highest BCUT2D eigenvalue weighted by molar-refractivity contribution is 5.92. The Morgan fingerprint density at radius 3 is 2.75 bits per heavy atom. The molecule has 6 rings (SSSR count). The van der Waals surface area contributed by atoms with E-state index in [0.29, 0.717) is 25.5 Å². The fourth-order valence-electron chi connectivity index (χ4n) is 5.12. The zero-order valence-electron chi connectivity index (χ0n) is 22.7. The number of hydrogen-bond acceptors (Lipinski definition) is 8. The van der Waals surface area contributed by atoms with Crippen molar-refractivity contribution in [1.29, 1.82) is 0 Å². The highest BCUT2D eigenvalue weighted by Gasteiger charge is 2.27. The molecule has 5 aromatic rings. The Kier molecular flexibility index (Phi) is 6.51. The number of benzene rings is 2. The maximum Gasteiger partial charge on any atom is 0.246 e. The van der Waals surface area contributed by atoms with Gasteiger partial charge in [-0.1, -0.05) is 6.58 Å². The van der Waals surface area contributed by atoms with Crippen molar-refractivity contribution >= 4 is 45.2 Å². The van der Waals surface area contributed by atoms with Crippen LogP contribution in [0.3, 0.4) is 0 Å². The molecule has 1 aliphatic rings. The average Bonchev–Trinajstić information content (AvgIpc) is 3.33. The summed E-state index contributed by atoms with van der Waals surface area (Å²) in [7, 11) is 1.97. The Bertz CT molecular complexity index is 1750. The molecule has 4 heterocycles. The van der Waals surface area contributed by atoms with Gasteiger partial charge in [-0.3, -0.25) is 4.79 Å². The van der Waals surface area contributed by atoms with Gasteiger partial charge in [0.05, 0.1) is 29.1 Å². The van der Waals surface area contributed by atoms with Crippen LogP contribution in [-0.2, 0) is 11.8 Å². The number of aromatic nitrogens is 5. The number of anilines is 3. The molecule has 10 nitrogen and oxygen atoms in total. The quantitative estimate of drug-likeness (QED) is 0.305. The van der Waals surface area contributed by atoms with Crippen molar-refractivity contribution in [3.63, 3.8) is 0 Å². The van der Waals surface area contributed by atoms with Crippen LogP contribution >= 0.6 is 0 Å². The first-order valence-electron chi connectivity index (χ1n) is 13.1. The van der Waals surface area contributed by atoms with Crippen molar-refractivity contribution in [2.75, 3.05) is 29.9 Å². The number of pyridine rings is 1. The zero-order chi connectivity index (χ0) is 27.8. The summed E-state index contributed by atoms with van der Waals surface area (Å²) in [6, 6.07) is 14.0. The van der Waals surface area contributed by atoms with Crippen LogP contribution in [0.2, 0.25) is 0 Å². The van der Waals surface area contributed by atoms with Gasteiger partial charge in [0.2, 0.25) is 5.91 Å². The number of imidazole rings is 1. The number of nitrogens with one attached hydrogen (secondary N) is 1. The molecule has 1 fully saturated rings. The minimum absolute atomic E-state index is 0.0427. The second-order valence-electron chi connectivity index (χ2n) is 10.0. The van der Waals surface area contributed by atoms with E-state index in [1.165, 1.54) is 12.4 Å². The van der Waals surface area contributed by atoms with Crippen molar-refractivity contribution < 1.29 is 9.53 Å². The van der Waals surface area contributed by atoms with Crippen LogP contribution in [-0.4, -0.2) is 61.0 Å². The van der Waals surface area contributed by atoms with E-state index in [1.807, 2.05) is 65.9 Å². The number of rotatable bonds is 6. The number of hydrogen-bond donors (Lipinski definition) is 1. The molecule has 1 saturated heterocycles. The number of nitrogens with zero attached hydrogens (tertiary/aromatic N) is 7. The fourth-order valence-corrected chi connectivity index (χ4v) is 5.12. The van der Waals surface area contributed by atoms with Gasteiger partial charge in [0, 0.05) is 49.9 Å². The van der Waals surface area contributed by atoms with Crippen molar-refractivity contribution in [2.24, 2.45) is 7.05 Å². The molecule has 1 aliphatic heterocycles. The van der Waals surface area contributed by atoms with E-state index >= 15 is 0 Å². The molecule has 1 N–H and O–H groups in total. The van der Waals surface area contributed by atoms with E-state index < -0.39 is 0 Å². The Balaban J connectivity index is 1.22. The third kappa shape index (κ3) is 4.79. The van der Waals surface area contributed by atoms with Crippen LogP contribution in [0.5, 0.6) is 11.5 Å². The van der Waals surface area contributed by atoms with Gasteiger partial charge in [0.15, 0.2) is 0 Å². The van der Waals surface area contributed by atoms with E-state index in [2.05, 4.69) is 43.7 Å². The number of carbonyl (C=O) groups is 1. The van der Waals surface area contributed by atoms with Crippen molar-refractivity contribution in [1.82, 2.24) is 29.4 Å². The molecule has 0 bridgehead atoms. The maximum atomic E-state index is 12.1. The van der Waals surface area contributed by atoms with Crippen LogP contribution in [0.15, 0.2) is 74.0 Å². The largest absolute Gasteiger partial charge is 0.457 e. The summed E-state index contributed by atoms with van der Waals surface area (Å²) >= 11 is 0. The van der Waals surface area contributed by atoms with E-state index in [0.717, 1.165) is 50.5 Å². The smallest absolute Gasteiger partial charge is 0.246 e. The second-order valence-corrected chi connectivity index (χ2v) is 10.0. The average molecular weight is 535 g/mol. The maximum absolute atomic E-state index is 12.1. The van der Waals surface area contributed by atoms with Crippen LogP contribution in [0, 0.1) is 6.92 Å². The monoisotopic (exact) mass is 534 g/mol. The number of amides is 1. The van der Waals surface area contributed by atoms with Gasteiger partial charge in [-0.25, -0.2) is 19.9 Å². The molecule has 40 heavy (non-hydrogen) atoms. The molecule has 3 aromatic heterocycles. The molecule has 0 spiro atoms. The van der Waals surface area contributed by atoms with Gasteiger partial charge in [0.1, 0.15) is 29.5 Å². The SMILES string of the molecule is C=CC(=O)N1CCN(c2cc3c(Nc4ccc(Oc5ccc6c(c5)ncn6C)c(C)c4)ncnc3cn2)[C@@H](C)C1. The van der Waals surface area contributed by atoms with Gasteiger partial charge < -0.3 is 24.4 Å². The minimum Gasteiger partial charge on any atom is -0.457 e. The standard InChI is InChI=1S/C30H30N8O2/c1-5-29(39)37-10-11-38(20(3)16-37)28-14-23-25(15-31-28)32-17-33-30(23)35-21-6-9-27(19(2)12-21)40-22-7-8-26-24(13-22)34-18-36(26)4/h5-9,12-15,17-18,20H,1,10-11,16H2,2-4H3,(H,32,33,35)/t20-/m0/s1. The molecular weight excluding hydrogens is 504 g/mol. The Labute approximate surface area is 232 Å². The lowest BCUT2D eigenvalue weighted by Crippen LogP contribution is -2.53. The number of carbonyl (C=O) groups excluding carboxylic acids is 1. The topological polar surface area (TPSA) is 101 Å². The van der Waals surface area contributed by atoms with Gasteiger partial charge in [-0.15, -0.1) is 0 Å². The third-order valence-corrected chi connectivity index (χ3v) is 7.28. The first kappa shape index (κ1) is 25.3. The van der Waals surface area contributed by atoms with Crippen molar-refractivity contribution in [2.45, 2.75) is 19.9 Å². The van der Waals surface area contributed by atoms with Gasteiger partial charge in [-0.2, -0.15) is 0 Å². The van der Waals surface area contributed by atoms with Crippen LogP contribution in [0.1, 0.15) is 12.5 Å². The van der Waals surface area contributed by atoms with Crippen molar-refractivity contribution in [3.8, 4) is 11.5 Å². The Hall–Kier alpha value is -4.99. The highest BCUT2D eigenvalue weighted by Crippen LogP contribution is 2.32.